The minimum Gasteiger partial charge on any atom is -0.359 e. The summed E-state index contributed by atoms with van der Waals surface area (Å²) in [5.41, 5.74) is 3.14. The molecule has 0 radical (unpaired) electrons. The van der Waals surface area contributed by atoms with Crippen molar-refractivity contribution in [2.24, 2.45) is 0 Å². The van der Waals surface area contributed by atoms with Crippen LogP contribution >= 0.6 is 27.5 Å². The lowest BCUT2D eigenvalue weighted by atomic mass is 9.84. The SMILES string of the molecule is Fc1cc2c(c(Br)c1Cl)CC1(c3ccccc3)CNCCN21. The van der Waals surface area contributed by atoms with Crippen LogP contribution in [-0.2, 0) is 12.0 Å². The Labute approximate surface area is 142 Å². The normalized spacial score (nSPS) is 23.3. The van der Waals surface area contributed by atoms with Crippen molar-refractivity contribution in [2.75, 3.05) is 24.5 Å². The van der Waals surface area contributed by atoms with Crippen LogP contribution in [0.3, 0.4) is 0 Å². The van der Waals surface area contributed by atoms with Gasteiger partial charge in [-0.15, -0.1) is 0 Å². The lowest BCUT2D eigenvalue weighted by Crippen LogP contribution is -2.57. The molecule has 1 atom stereocenters. The summed E-state index contributed by atoms with van der Waals surface area (Å²) in [5, 5.41) is 3.67. The average Bonchev–Trinajstić information content (AvgIpc) is 2.90. The second-order valence-electron chi connectivity index (χ2n) is 5.89. The van der Waals surface area contributed by atoms with Crippen molar-refractivity contribution >= 4 is 33.2 Å². The van der Waals surface area contributed by atoms with Crippen molar-refractivity contribution in [1.82, 2.24) is 5.32 Å². The van der Waals surface area contributed by atoms with Gasteiger partial charge >= 0.3 is 0 Å². The summed E-state index contributed by atoms with van der Waals surface area (Å²) in [7, 11) is 0. The third-order valence-electron chi connectivity index (χ3n) is 4.76. The van der Waals surface area contributed by atoms with Crippen LogP contribution in [0.15, 0.2) is 40.9 Å². The van der Waals surface area contributed by atoms with Crippen molar-refractivity contribution in [2.45, 2.75) is 12.0 Å². The molecule has 2 aliphatic rings. The maximum atomic E-state index is 14.1. The van der Waals surface area contributed by atoms with E-state index in [4.69, 9.17) is 11.6 Å². The Morgan fingerprint density at radius 1 is 1.27 bits per heavy atom. The molecular formula is C17H15BrClFN2. The molecule has 0 aromatic heterocycles. The number of halogens is 3. The number of hydrogen-bond acceptors (Lipinski definition) is 2. The highest BCUT2D eigenvalue weighted by molar-refractivity contribution is 9.10. The Morgan fingerprint density at radius 2 is 2.05 bits per heavy atom. The van der Waals surface area contributed by atoms with E-state index in [9.17, 15) is 4.39 Å². The Bertz CT molecular complexity index is 737. The molecule has 0 amide bonds. The molecule has 0 bridgehead atoms. The quantitative estimate of drug-likeness (QED) is 0.748. The van der Waals surface area contributed by atoms with E-state index >= 15 is 0 Å². The van der Waals surface area contributed by atoms with E-state index < -0.39 is 0 Å². The standard InChI is InChI=1S/C17H15BrClFN2/c18-15-12-9-17(11-4-2-1-3-5-11)10-21-6-7-22(17)14(12)8-13(20)16(15)19/h1-5,8,21H,6-7,9-10H2. The van der Waals surface area contributed by atoms with Crippen LogP contribution < -0.4 is 10.2 Å². The zero-order valence-electron chi connectivity index (χ0n) is 11.9. The van der Waals surface area contributed by atoms with Gasteiger partial charge in [-0.2, -0.15) is 0 Å². The van der Waals surface area contributed by atoms with Gasteiger partial charge in [0.2, 0.25) is 0 Å². The largest absolute Gasteiger partial charge is 0.359 e. The van der Waals surface area contributed by atoms with Crippen molar-refractivity contribution in [3.8, 4) is 0 Å². The predicted octanol–water partition coefficient (Wildman–Crippen LogP) is 4.10. The van der Waals surface area contributed by atoms with Gasteiger partial charge in [-0.3, -0.25) is 0 Å². The van der Waals surface area contributed by atoms with Crippen LogP contribution in [-0.4, -0.2) is 19.6 Å². The van der Waals surface area contributed by atoms with Gasteiger partial charge < -0.3 is 10.2 Å². The number of nitrogens with zero attached hydrogens (tertiary/aromatic N) is 1. The van der Waals surface area contributed by atoms with E-state index in [0.717, 1.165) is 37.3 Å². The lowest BCUT2D eigenvalue weighted by Gasteiger charge is -2.45. The van der Waals surface area contributed by atoms with E-state index in [0.29, 0.717) is 4.47 Å². The third kappa shape index (κ3) is 1.94. The number of fused-ring (bicyclic) bond motifs is 3. The summed E-state index contributed by atoms with van der Waals surface area (Å²) in [6.07, 6.45) is 0.819. The fourth-order valence-corrected chi connectivity index (χ4v) is 4.44. The minimum atomic E-state index is -0.366. The van der Waals surface area contributed by atoms with Gasteiger partial charge in [0.15, 0.2) is 0 Å². The van der Waals surface area contributed by atoms with Gasteiger partial charge in [0.1, 0.15) is 5.82 Å². The van der Waals surface area contributed by atoms with Crippen molar-refractivity contribution in [1.29, 1.82) is 0 Å². The summed E-state index contributed by atoms with van der Waals surface area (Å²) in [4.78, 5) is 2.33. The van der Waals surface area contributed by atoms with Crippen LogP contribution in [0.1, 0.15) is 11.1 Å². The number of benzene rings is 2. The molecule has 22 heavy (non-hydrogen) atoms. The molecule has 2 heterocycles. The first kappa shape index (κ1) is 14.5. The predicted molar refractivity (Wildman–Crippen MR) is 91.1 cm³/mol. The monoisotopic (exact) mass is 380 g/mol. The maximum Gasteiger partial charge on any atom is 0.145 e. The van der Waals surface area contributed by atoms with E-state index in [1.807, 2.05) is 6.07 Å². The number of anilines is 1. The first-order valence-electron chi connectivity index (χ1n) is 7.34. The van der Waals surface area contributed by atoms with E-state index in [2.05, 4.69) is 50.4 Å². The number of nitrogens with one attached hydrogen (secondary N) is 1. The second kappa shape index (κ2) is 5.22. The van der Waals surface area contributed by atoms with Gasteiger partial charge in [0.25, 0.3) is 0 Å². The molecule has 1 fully saturated rings. The van der Waals surface area contributed by atoms with Crippen LogP contribution in [0.25, 0.3) is 0 Å². The first-order chi connectivity index (χ1) is 10.6. The molecule has 0 spiro atoms. The highest BCUT2D eigenvalue weighted by atomic mass is 79.9. The van der Waals surface area contributed by atoms with Gasteiger partial charge in [-0.05, 0) is 33.1 Å². The smallest absolute Gasteiger partial charge is 0.145 e. The highest BCUT2D eigenvalue weighted by Gasteiger charge is 2.47. The van der Waals surface area contributed by atoms with Gasteiger partial charge in [-0.1, -0.05) is 41.9 Å². The fourth-order valence-electron chi connectivity index (χ4n) is 3.73. The average molecular weight is 382 g/mol. The molecule has 1 saturated heterocycles. The number of piperazine rings is 1. The van der Waals surface area contributed by atoms with Gasteiger partial charge in [0, 0.05) is 36.2 Å². The van der Waals surface area contributed by atoms with Crippen molar-refractivity contribution in [3.05, 3.63) is 62.8 Å². The van der Waals surface area contributed by atoms with Gasteiger partial charge in [-0.25, -0.2) is 4.39 Å². The van der Waals surface area contributed by atoms with E-state index in [1.165, 1.54) is 5.56 Å². The summed E-state index contributed by atoms with van der Waals surface area (Å²) in [6, 6.07) is 12.0. The lowest BCUT2D eigenvalue weighted by molar-refractivity contribution is 0.350. The molecular weight excluding hydrogens is 367 g/mol. The zero-order valence-corrected chi connectivity index (χ0v) is 14.2. The molecule has 1 unspecified atom stereocenters. The topological polar surface area (TPSA) is 15.3 Å². The summed E-state index contributed by atoms with van der Waals surface area (Å²) in [6.45, 7) is 2.60. The maximum absolute atomic E-state index is 14.1. The molecule has 2 aromatic carbocycles. The molecule has 2 nitrogen and oxygen atoms in total. The Hall–Kier alpha value is -1.10. The number of hydrogen-bond donors (Lipinski definition) is 1. The Kier molecular flexibility index (Phi) is 3.44. The third-order valence-corrected chi connectivity index (χ3v) is 6.23. The molecule has 4 rings (SSSR count). The molecule has 2 aromatic rings. The van der Waals surface area contributed by atoms with Crippen LogP contribution in [0.5, 0.6) is 0 Å². The summed E-state index contributed by atoms with van der Waals surface area (Å²) >= 11 is 9.59. The Morgan fingerprint density at radius 3 is 2.82 bits per heavy atom. The number of rotatable bonds is 1. The second-order valence-corrected chi connectivity index (χ2v) is 7.06. The molecule has 2 aliphatic heterocycles. The van der Waals surface area contributed by atoms with Crippen LogP contribution in [0, 0.1) is 5.82 Å². The van der Waals surface area contributed by atoms with Gasteiger partial charge in [0.05, 0.1) is 10.6 Å². The molecule has 0 aliphatic carbocycles. The first-order valence-corrected chi connectivity index (χ1v) is 8.51. The summed E-state index contributed by atoms with van der Waals surface area (Å²) in [5.74, 6) is -0.366. The Balaban J connectivity index is 1.92. The van der Waals surface area contributed by atoms with E-state index in [-0.39, 0.29) is 16.4 Å². The minimum absolute atomic E-state index is 0.165. The zero-order chi connectivity index (χ0) is 15.3. The highest BCUT2D eigenvalue weighted by Crippen LogP contribution is 2.50. The van der Waals surface area contributed by atoms with Crippen LogP contribution in [0.2, 0.25) is 5.02 Å². The molecule has 5 heteroatoms. The van der Waals surface area contributed by atoms with Crippen LogP contribution in [0.4, 0.5) is 10.1 Å². The molecule has 0 saturated carbocycles. The van der Waals surface area contributed by atoms with E-state index in [1.54, 1.807) is 6.07 Å². The summed E-state index contributed by atoms with van der Waals surface area (Å²) < 4.78 is 14.8. The fraction of sp³-hybridized carbons (Fsp3) is 0.294. The molecule has 1 N–H and O–H groups in total. The van der Waals surface area contributed by atoms with Crippen molar-refractivity contribution in [3.63, 3.8) is 0 Å². The molecule has 114 valence electrons. The van der Waals surface area contributed by atoms with Crippen molar-refractivity contribution < 1.29 is 4.39 Å².